The van der Waals surface area contributed by atoms with Gasteiger partial charge in [-0.1, -0.05) is 6.92 Å². The Morgan fingerprint density at radius 2 is 1.58 bits per heavy atom. The summed E-state index contributed by atoms with van der Waals surface area (Å²) >= 11 is 0. The van der Waals surface area contributed by atoms with Gasteiger partial charge in [-0.2, -0.15) is 8.42 Å². The third kappa shape index (κ3) is 14.0. The van der Waals surface area contributed by atoms with Crippen LogP contribution < -0.4 is 0 Å². The standard InChI is InChI=1S/C12H27NO5S/c1-4-8-17-10-11-18-9-7-13(2,3)6-5-12-19(14,15)16/h4-12H2,1-3H3/p+1. The average Bonchev–Trinajstić information content (AvgIpc) is 2.25. The van der Waals surface area contributed by atoms with Crippen LogP contribution in [0.3, 0.4) is 0 Å². The lowest BCUT2D eigenvalue weighted by molar-refractivity contribution is -0.890. The van der Waals surface area contributed by atoms with Crippen molar-refractivity contribution in [2.45, 2.75) is 19.8 Å². The van der Waals surface area contributed by atoms with Crippen molar-refractivity contribution in [1.29, 1.82) is 0 Å². The van der Waals surface area contributed by atoms with Crippen LogP contribution in [0, 0.1) is 0 Å². The Bertz CT molecular complexity index is 316. The highest BCUT2D eigenvalue weighted by molar-refractivity contribution is 7.85. The summed E-state index contributed by atoms with van der Waals surface area (Å²) in [6, 6.07) is 0. The highest BCUT2D eigenvalue weighted by Crippen LogP contribution is 2.01. The summed E-state index contributed by atoms with van der Waals surface area (Å²) in [5, 5.41) is 0. The minimum absolute atomic E-state index is 0.180. The molecule has 0 saturated heterocycles. The molecule has 0 aliphatic heterocycles. The van der Waals surface area contributed by atoms with Crippen LogP contribution >= 0.6 is 0 Å². The van der Waals surface area contributed by atoms with Gasteiger partial charge in [-0.05, 0) is 6.42 Å². The predicted molar refractivity (Wildman–Crippen MR) is 74.8 cm³/mol. The Labute approximate surface area is 117 Å². The molecular weight excluding hydrogens is 270 g/mol. The van der Waals surface area contributed by atoms with Gasteiger partial charge < -0.3 is 14.0 Å². The van der Waals surface area contributed by atoms with Crippen LogP contribution in [0.2, 0.25) is 0 Å². The van der Waals surface area contributed by atoms with Crippen molar-refractivity contribution in [3.05, 3.63) is 0 Å². The number of likely N-dealkylation sites (N-methyl/N-ethyl adjacent to an activating group) is 1. The Morgan fingerprint density at radius 1 is 1.00 bits per heavy atom. The van der Waals surface area contributed by atoms with Crippen molar-refractivity contribution in [3.8, 4) is 0 Å². The molecule has 6 nitrogen and oxygen atoms in total. The van der Waals surface area contributed by atoms with Gasteiger partial charge >= 0.3 is 0 Å². The molecule has 0 aromatic heterocycles. The topological polar surface area (TPSA) is 72.8 Å². The first-order valence-electron chi connectivity index (χ1n) is 6.69. The van der Waals surface area contributed by atoms with E-state index in [1.54, 1.807) is 0 Å². The molecule has 19 heavy (non-hydrogen) atoms. The second kappa shape index (κ2) is 9.66. The van der Waals surface area contributed by atoms with Crippen molar-refractivity contribution in [2.24, 2.45) is 0 Å². The summed E-state index contributed by atoms with van der Waals surface area (Å²) < 4.78 is 41.3. The Kier molecular flexibility index (Phi) is 9.55. The zero-order valence-electron chi connectivity index (χ0n) is 12.3. The molecule has 0 aliphatic rings. The first kappa shape index (κ1) is 18.8. The third-order valence-corrected chi connectivity index (χ3v) is 3.53. The summed E-state index contributed by atoms with van der Waals surface area (Å²) in [5.41, 5.74) is 0. The minimum atomic E-state index is -3.84. The van der Waals surface area contributed by atoms with Crippen LogP contribution in [0.4, 0.5) is 0 Å². The van der Waals surface area contributed by atoms with Crippen molar-refractivity contribution < 1.29 is 26.9 Å². The number of quaternary nitrogens is 1. The fourth-order valence-corrected chi connectivity index (χ4v) is 2.06. The molecule has 116 valence electrons. The highest BCUT2D eigenvalue weighted by Gasteiger charge is 2.16. The first-order chi connectivity index (χ1) is 8.77. The van der Waals surface area contributed by atoms with E-state index in [1.807, 2.05) is 14.1 Å². The van der Waals surface area contributed by atoms with Crippen LogP contribution in [0.1, 0.15) is 19.8 Å². The van der Waals surface area contributed by atoms with Gasteiger partial charge in [0.2, 0.25) is 0 Å². The van der Waals surface area contributed by atoms with Crippen molar-refractivity contribution >= 4 is 10.1 Å². The zero-order chi connectivity index (χ0) is 14.8. The van der Waals surface area contributed by atoms with Crippen LogP contribution in [-0.2, 0) is 19.6 Å². The molecule has 0 heterocycles. The van der Waals surface area contributed by atoms with Crippen molar-refractivity contribution in [1.82, 2.24) is 0 Å². The van der Waals surface area contributed by atoms with E-state index >= 15 is 0 Å². The summed E-state index contributed by atoms with van der Waals surface area (Å²) in [5.74, 6) is -0.180. The van der Waals surface area contributed by atoms with Crippen LogP contribution in [0.5, 0.6) is 0 Å². The fourth-order valence-electron chi connectivity index (χ4n) is 1.56. The van der Waals surface area contributed by atoms with E-state index < -0.39 is 10.1 Å². The largest absolute Gasteiger partial charge is 0.379 e. The quantitative estimate of drug-likeness (QED) is 0.327. The molecule has 1 N–H and O–H groups in total. The Hall–Kier alpha value is -0.210. The Morgan fingerprint density at radius 3 is 2.11 bits per heavy atom. The average molecular weight is 298 g/mol. The molecule has 0 radical (unpaired) electrons. The summed E-state index contributed by atoms with van der Waals surface area (Å²) in [6.07, 6.45) is 1.46. The van der Waals surface area contributed by atoms with E-state index in [9.17, 15) is 8.42 Å². The highest BCUT2D eigenvalue weighted by atomic mass is 32.2. The molecule has 0 aliphatic carbocycles. The summed E-state index contributed by atoms with van der Waals surface area (Å²) in [4.78, 5) is 0. The van der Waals surface area contributed by atoms with Gasteiger partial charge in [0, 0.05) is 13.0 Å². The van der Waals surface area contributed by atoms with E-state index in [0.717, 1.165) is 19.6 Å². The lowest BCUT2D eigenvalue weighted by atomic mass is 10.4. The Balaban J connectivity index is 3.56. The predicted octanol–water partition coefficient (Wildman–Crippen LogP) is 0.784. The van der Waals surface area contributed by atoms with E-state index in [0.29, 0.717) is 37.3 Å². The summed E-state index contributed by atoms with van der Waals surface area (Å²) in [6.45, 7) is 6.14. The second-order valence-corrected chi connectivity index (χ2v) is 6.82. The van der Waals surface area contributed by atoms with Gasteiger partial charge in [0.25, 0.3) is 10.1 Å². The van der Waals surface area contributed by atoms with Crippen LogP contribution in [0.15, 0.2) is 0 Å². The maximum absolute atomic E-state index is 10.6. The smallest absolute Gasteiger partial charge is 0.265 e. The monoisotopic (exact) mass is 298 g/mol. The second-order valence-electron chi connectivity index (χ2n) is 5.25. The molecule has 0 atom stereocenters. The number of ether oxygens (including phenoxy) is 2. The molecule has 0 rings (SSSR count). The SMILES string of the molecule is CCCOCCOCC[N+](C)(C)CCCS(=O)(=O)O. The van der Waals surface area contributed by atoms with Crippen LogP contribution in [0.25, 0.3) is 0 Å². The van der Waals surface area contributed by atoms with E-state index in [2.05, 4.69) is 6.92 Å². The normalized spacial score (nSPS) is 12.8. The lowest BCUT2D eigenvalue weighted by Crippen LogP contribution is -2.43. The molecular formula is C12H28NO5S+. The molecule has 0 amide bonds. The van der Waals surface area contributed by atoms with Crippen molar-refractivity contribution in [2.75, 3.05) is 59.4 Å². The van der Waals surface area contributed by atoms with E-state index in [1.165, 1.54) is 0 Å². The molecule has 7 heteroatoms. The van der Waals surface area contributed by atoms with E-state index in [-0.39, 0.29) is 5.75 Å². The molecule has 0 spiro atoms. The maximum atomic E-state index is 10.6. The van der Waals surface area contributed by atoms with Gasteiger partial charge in [0.15, 0.2) is 0 Å². The molecule has 0 unspecified atom stereocenters. The van der Waals surface area contributed by atoms with Gasteiger partial charge in [0.05, 0.1) is 46.2 Å². The van der Waals surface area contributed by atoms with Crippen LogP contribution in [-0.4, -0.2) is 76.8 Å². The van der Waals surface area contributed by atoms with Gasteiger partial charge in [-0.25, -0.2) is 0 Å². The molecule has 0 bridgehead atoms. The summed E-state index contributed by atoms with van der Waals surface area (Å²) in [7, 11) is 0.187. The number of rotatable bonds is 12. The zero-order valence-corrected chi connectivity index (χ0v) is 13.1. The van der Waals surface area contributed by atoms with E-state index in [4.69, 9.17) is 14.0 Å². The van der Waals surface area contributed by atoms with Gasteiger partial charge in [-0.15, -0.1) is 0 Å². The van der Waals surface area contributed by atoms with Crippen molar-refractivity contribution in [3.63, 3.8) is 0 Å². The third-order valence-electron chi connectivity index (χ3n) is 2.73. The molecule has 0 aromatic carbocycles. The minimum Gasteiger partial charge on any atom is -0.379 e. The molecule has 0 fully saturated rings. The lowest BCUT2D eigenvalue weighted by Gasteiger charge is -2.29. The van der Waals surface area contributed by atoms with Gasteiger partial charge in [0.1, 0.15) is 6.54 Å². The number of nitrogens with zero attached hydrogens (tertiary/aromatic N) is 1. The number of hydrogen-bond donors (Lipinski definition) is 1. The molecule has 0 saturated carbocycles. The first-order valence-corrected chi connectivity index (χ1v) is 8.30. The fraction of sp³-hybridized carbons (Fsp3) is 1.00. The maximum Gasteiger partial charge on any atom is 0.265 e. The number of hydrogen-bond acceptors (Lipinski definition) is 4. The van der Waals surface area contributed by atoms with Gasteiger partial charge in [-0.3, -0.25) is 4.55 Å². The molecule has 0 aromatic rings.